The van der Waals surface area contributed by atoms with Gasteiger partial charge in [0, 0.05) is 18.5 Å². The molecule has 0 saturated heterocycles. The predicted molar refractivity (Wildman–Crippen MR) is 114 cm³/mol. The van der Waals surface area contributed by atoms with Crippen molar-refractivity contribution in [2.45, 2.75) is 39.7 Å². The van der Waals surface area contributed by atoms with Crippen LogP contribution in [0, 0.1) is 17.8 Å². The number of fused-ring (bicyclic) bond motifs is 1. The number of amides is 1. The number of nitrogens with one attached hydrogen (secondary N) is 2. The molecule has 0 aromatic heterocycles. The second-order valence-electron chi connectivity index (χ2n) is 6.65. The molecule has 0 saturated carbocycles. The van der Waals surface area contributed by atoms with Crippen LogP contribution in [0.3, 0.4) is 0 Å². The van der Waals surface area contributed by atoms with E-state index in [1.807, 2.05) is 26.0 Å². The van der Waals surface area contributed by atoms with Crippen LogP contribution in [0.15, 0.2) is 54.6 Å². The maximum absolute atomic E-state index is 11.8. The van der Waals surface area contributed by atoms with Gasteiger partial charge in [-0.2, -0.15) is 0 Å². The molecule has 0 fully saturated rings. The van der Waals surface area contributed by atoms with Crippen molar-refractivity contribution >= 4 is 16.7 Å². The first-order valence-electron chi connectivity index (χ1n) is 9.79. The number of benzene rings is 2. The van der Waals surface area contributed by atoms with Gasteiger partial charge in [0.1, 0.15) is 0 Å². The fourth-order valence-corrected chi connectivity index (χ4v) is 3.15. The highest BCUT2D eigenvalue weighted by atomic mass is 16.1. The van der Waals surface area contributed by atoms with E-state index in [4.69, 9.17) is 0 Å². The summed E-state index contributed by atoms with van der Waals surface area (Å²) in [6.07, 6.45) is 5.59. The Morgan fingerprint density at radius 1 is 1.11 bits per heavy atom. The van der Waals surface area contributed by atoms with E-state index < -0.39 is 0 Å². The van der Waals surface area contributed by atoms with Gasteiger partial charge < -0.3 is 10.6 Å². The van der Waals surface area contributed by atoms with E-state index in [0.717, 1.165) is 19.4 Å². The number of carbonyl (C=O) groups excluding carboxylic acids is 1. The van der Waals surface area contributed by atoms with Crippen molar-refractivity contribution in [3.63, 3.8) is 0 Å². The first-order valence-corrected chi connectivity index (χ1v) is 9.79. The zero-order chi connectivity index (χ0) is 19.5. The Hall–Kier alpha value is -2.57. The van der Waals surface area contributed by atoms with E-state index >= 15 is 0 Å². The molecule has 0 aliphatic rings. The third kappa shape index (κ3) is 6.27. The van der Waals surface area contributed by atoms with E-state index in [1.54, 1.807) is 0 Å². The van der Waals surface area contributed by atoms with Crippen LogP contribution in [0.25, 0.3) is 10.8 Å². The van der Waals surface area contributed by atoms with Crippen molar-refractivity contribution in [3.8, 4) is 11.8 Å². The summed E-state index contributed by atoms with van der Waals surface area (Å²) in [6, 6.07) is 15.1. The number of hydrogen-bond acceptors (Lipinski definition) is 2. The van der Waals surface area contributed by atoms with Gasteiger partial charge in [0.25, 0.3) is 0 Å². The van der Waals surface area contributed by atoms with Crippen LogP contribution in [0.2, 0.25) is 0 Å². The molecule has 0 radical (unpaired) electrons. The first kappa shape index (κ1) is 20.7. The largest absolute Gasteiger partial charge is 0.345 e. The molecule has 27 heavy (non-hydrogen) atoms. The lowest BCUT2D eigenvalue weighted by atomic mass is 10.00. The monoisotopic (exact) mass is 362 g/mol. The lowest BCUT2D eigenvalue weighted by Crippen LogP contribution is -2.30. The summed E-state index contributed by atoms with van der Waals surface area (Å²) in [7, 11) is 0. The van der Waals surface area contributed by atoms with Gasteiger partial charge in [-0.05, 0) is 42.2 Å². The lowest BCUT2D eigenvalue weighted by Gasteiger charge is -2.15. The Morgan fingerprint density at radius 2 is 1.85 bits per heavy atom. The standard InChI is InChI=1S/C24H30N2O/c1-4-20(5-2)24(27)26-18-11-7-6-10-17-25-19(3)22-16-12-14-21-13-8-9-15-23(21)22/h6,8-10,12-16,19-20,25H,4-5,17-18H2,1-3H3,(H,26,27)/b10-6+/t19-/m1/s1. The topological polar surface area (TPSA) is 41.1 Å². The molecule has 0 bridgehead atoms. The minimum atomic E-state index is 0.0992. The molecule has 0 heterocycles. The van der Waals surface area contributed by atoms with Crippen molar-refractivity contribution in [1.29, 1.82) is 0 Å². The Kier molecular flexibility index (Phi) is 8.61. The Morgan fingerprint density at radius 3 is 2.63 bits per heavy atom. The number of hydrogen-bond donors (Lipinski definition) is 2. The molecule has 2 aromatic rings. The highest BCUT2D eigenvalue weighted by Crippen LogP contribution is 2.23. The first-order chi connectivity index (χ1) is 13.2. The van der Waals surface area contributed by atoms with Gasteiger partial charge in [-0.1, -0.05) is 74.2 Å². The maximum Gasteiger partial charge on any atom is 0.223 e. The second kappa shape index (κ2) is 11.2. The molecule has 3 nitrogen and oxygen atoms in total. The van der Waals surface area contributed by atoms with Crippen molar-refractivity contribution in [3.05, 3.63) is 60.2 Å². The molecule has 0 aliphatic carbocycles. The third-order valence-corrected chi connectivity index (χ3v) is 4.84. The van der Waals surface area contributed by atoms with Gasteiger partial charge in [-0.25, -0.2) is 0 Å². The fourth-order valence-electron chi connectivity index (χ4n) is 3.15. The summed E-state index contributed by atoms with van der Waals surface area (Å²) in [4.78, 5) is 11.8. The Labute approximate surface area is 163 Å². The molecule has 2 N–H and O–H groups in total. The van der Waals surface area contributed by atoms with Crippen LogP contribution in [0.4, 0.5) is 0 Å². The molecule has 1 amide bonds. The average Bonchev–Trinajstić information content (AvgIpc) is 2.70. The molecular formula is C24H30N2O. The predicted octanol–water partition coefficient (Wildman–Crippen LogP) is 4.60. The molecule has 3 heteroatoms. The summed E-state index contributed by atoms with van der Waals surface area (Å²) in [5.41, 5.74) is 1.30. The fraction of sp³-hybridized carbons (Fsp3) is 0.375. The van der Waals surface area contributed by atoms with Gasteiger partial charge in [0.2, 0.25) is 5.91 Å². The van der Waals surface area contributed by atoms with Crippen molar-refractivity contribution in [2.75, 3.05) is 13.1 Å². The van der Waals surface area contributed by atoms with Crippen LogP contribution in [0.5, 0.6) is 0 Å². The minimum absolute atomic E-state index is 0.0992. The molecule has 2 rings (SSSR count). The quantitative estimate of drug-likeness (QED) is 0.674. The summed E-state index contributed by atoms with van der Waals surface area (Å²) in [6.45, 7) is 7.40. The highest BCUT2D eigenvalue weighted by molar-refractivity contribution is 5.86. The van der Waals surface area contributed by atoms with Gasteiger partial charge in [0.15, 0.2) is 0 Å². The van der Waals surface area contributed by atoms with Gasteiger partial charge in [0.05, 0.1) is 6.54 Å². The van der Waals surface area contributed by atoms with Gasteiger partial charge in [-0.15, -0.1) is 0 Å². The van der Waals surface area contributed by atoms with E-state index in [2.05, 4.69) is 71.9 Å². The Balaban J connectivity index is 1.77. The average molecular weight is 363 g/mol. The van der Waals surface area contributed by atoms with Crippen LogP contribution >= 0.6 is 0 Å². The molecule has 1 atom stereocenters. The normalized spacial score (nSPS) is 12.1. The summed E-state index contributed by atoms with van der Waals surface area (Å²) in [5.74, 6) is 6.14. The number of allylic oxidation sites excluding steroid dienone is 1. The third-order valence-electron chi connectivity index (χ3n) is 4.84. The van der Waals surface area contributed by atoms with E-state index in [9.17, 15) is 4.79 Å². The second-order valence-corrected chi connectivity index (χ2v) is 6.65. The highest BCUT2D eigenvalue weighted by Gasteiger charge is 2.12. The van der Waals surface area contributed by atoms with Gasteiger partial charge >= 0.3 is 0 Å². The van der Waals surface area contributed by atoms with E-state index in [0.29, 0.717) is 6.54 Å². The zero-order valence-corrected chi connectivity index (χ0v) is 16.6. The van der Waals surface area contributed by atoms with Crippen molar-refractivity contribution in [2.24, 2.45) is 5.92 Å². The van der Waals surface area contributed by atoms with Crippen LogP contribution < -0.4 is 10.6 Å². The summed E-state index contributed by atoms with van der Waals surface area (Å²) >= 11 is 0. The van der Waals surface area contributed by atoms with Crippen LogP contribution in [-0.2, 0) is 4.79 Å². The van der Waals surface area contributed by atoms with Crippen LogP contribution in [0.1, 0.15) is 45.2 Å². The molecule has 2 aromatic carbocycles. The molecular weight excluding hydrogens is 332 g/mol. The maximum atomic E-state index is 11.8. The molecule has 0 unspecified atom stereocenters. The van der Waals surface area contributed by atoms with Crippen molar-refractivity contribution < 1.29 is 4.79 Å². The number of rotatable bonds is 8. The molecule has 0 aliphatic heterocycles. The Bertz CT molecular complexity index is 820. The number of carbonyl (C=O) groups is 1. The smallest absolute Gasteiger partial charge is 0.223 e. The summed E-state index contributed by atoms with van der Waals surface area (Å²) in [5, 5.41) is 8.93. The summed E-state index contributed by atoms with van der Waals surface area (Å²) < 4.78 is 0. The van der Waals surface area contributed by atoms with Crippen molar-refractivity contribution in [1.82, 2.24) is 10.6 Å². The minimum Gasteiger partial charge on any atom is -0.345 e. The van der Waals surface area contributed by atoms with E-state index in [1.165, 1.54) is 16.3 Å². The SMILES string of the molecule is CCC(CC)C(=O)NCC#C/C=C/CN[C@H](C)c1cccc2ccccc12. The molecule has 0 spiro atoms. The van der Waals surface area contributed by atoms with Gasteiger partial charge in [-0.3, -0.25) is 4.79 Å². The lowest BCUT2D eigenvalue weighted by molar-refractivity contribution is -0.124. The van der Waals surface area contributed by atoms with E-state index in [-0.39, 0.29) is 17.9 Å². The zero-order valence-electron chi connectivity index (χ0n) is 16.6. The molecule has 142 valence electrons. The van der Waals surface area contributed by atoms with Crippen LogP contribution in [-0.4, -0.2) is 19.0 Å².